The van der Waals surface area contributed by atoms with Crippen LogP contribution in [0.5, 0.6) is 0 Å². The summed E-state index contributed by atoms with van der Waals surface area (Å²) in [5.74, 6) is -2.08. The number of halogens is 4. The predicted octanol–water partition coefficient (Wildman–Crippen LogP) is 2.96. The number of aromatic nitrogens is 2. The summed E-state index contributed by atoms with van der Waals surface area (Å²) in [6, 6.07) is 8.67. The van der Waals surface area contributed by atoms with E-state index in [9.17, 15) is 17.6 Å². The molecule has 0 atom stereocenters. The molecule has 2 saturated heterocycles. The van der Waals surface area contributed by atoms with Gasteiger partial charge in [0.15, 0.2) is 0 Å². The summed E-state index contributed by atoms with van der Waals surface area (Å²) in [6.07, 6.45) is -0.283. The van der Waals surface area contributed by atoms with Crippen molar-refractivity contribution in [3.05, 3.63) is 54.1 Å². The molecule has 0 bridgehead atoms. The summed E-state index contributed by atoms with van der Waals surface area (Å²) < 4.78 is 44.7. The van der Waals surface area contributed by atoms with Gasteiger partial charge in [-0.05, 0) is 30.2 Å². The van der Waals surface area contributed by atoms with Crippen LogP contribution >= 0.6 is 0 Å². The van der Waals surface area contributed by atoms with Gasteiger partial charge in [0.2, 0.25) is 5.95 Å². The van der Waals surface area contributed by atoms with E-state index in [0.29, 0.717) is 5.41 Å². The smallest absolute Gasteiger partial charge is 0.475 e. The number of nitrogens with zero attached hydrogens (tertiary/aromatic N) is 4. The van der Waals surface area contributed by atoms with Gasteiger partial charge < -0.3 is 10.0 Å². The largest absolute Gasteiger partial charge is 0.490 e. The van der Waals surface area contributed by atoms with Gasteiger partial charge in [0, 0.05) is 50.5 Å². The van der Waals surface area contributed by atoms with Crippen molar-refractivity contribution < 1.29 is 27.5 Å². The van der Waals surface area contributed by atoms with Crippen LogP contribution in [0.25, 0.3) is 0 Å². The molecule has 1 N–H and O–H groups in total. The lowest BCUT2D eigenvalue weighted by atomic mass is 9.79. The molecule has 10 heteroatoms. The van der Waals surface area contributed by atoms with Gasteiger partial charge in [-0.2, -0.15) is 13.2 Å². The van der Waals surface area contributed by atoms with Gasteiger partial charge in [-0.25, -0.2) is 19.2 Å². The number of carboxylic acid groups (broad SMARTS) is 1. The van der Waals surface area contributed by atoms with E-state index in [-0.39, 0.29) is 5.82 Å². The van der Waals surface area contributed by atoms with Gasteiger partial charge in [-0.15, -0.1) is 0 Å². The second-order valence-corrected chi connectivity index (χ2v) is 7.29. The second-order valence-electron chi connectivity index (χ2n) is 7.29. The fraction of sp³-hybridized carbons (Fsp3) is 0.421. The molecule has 6 nitrogen and oxygen atoms in total. The SMILES string of the molecule is Fc1ccc(CN2CC3(CCN(c4ncccn4)C3)C2)cc1.O=C(O)C(F)(F)F. The Morgan fingerprint density at radius 2 is 1.69 bits per heavy atom. The fourth-order valence-electron chi connectivity index (χ4n) is 3.68. The van der Waals surface area contributed by atoms with E-state index in [1.807, 2.05) is 18.2 Å². The molecule has 0 aliphatic carbocycles. The van der Waals surface area contributed by atoms with Crippen LogP contribution in [0.1, 0.15) is 12.0 Å². The minimum absolute atomic E-state index is 0.168. The Bertz CT molecular complexity index is 824. The Morgan fingerprint density at radius 1 is 1.10 bits per heavy atom. The Hall–Kier alpha value is -2.75. The number of hydrogen-bond donors (Lipinski definition) is 1. The van der Waals surface area contributed by atoms with Gasteiger partial charge in [0.05, 0.1) is 0 Å². The number of aliphatic carboxylic acids is 1. The van der Waals surface area contributed by atoms with Crippen molar-refractivity contribution in [2.45, 2.75) is 19.1 Å². The zero-order valence-electron chi connectivity index (χ0n) is 15.4. The Balaban J connectivity index is 0.000000298. The third-order valence-corrected chi connectivity index (χ3v) is 4.95. The zero-order valence-corrected chi connectivity index (χ0v) is 15.4. The highest BCUT2D eigenvalue weighted by Gasteiger charge is 2.47. The first-order valence-electron chi connectivity index (χ1n) is 8.96. The number of likely N-dealkylation sites (tertiary alicyclic amines) is 1. The monoisotopic (exact) mass is 412 g/mol. The number of hydrogen-bond acceptors (Lipinski definition) is 5. The third-order valence-electron chi connectivity index (χ3n) is 4.95. The molecule has 2 aliphatic heterocycles. The molecule has 4 rings (SSSR count). The second kappa shape index (κ2) is 8.32. The maximum Gasteiger partial charge on any atom is 0.490 e. The molecule has 2 aromatic rings. The number of carbonyl (C=O) groups is 1. The highest BCUT2D eigenvalue weighted by Crippen LogP contribution is 2.40. The van der Waals surface area contributed by atoms with Crippen LogP contribution in [0, 0.1) is 11.2 Å². The first kappa shape index (κ1) is 21.0. The van der Waals surface area contributed by atoms with Crippen molar-refractivity contribution in [2.75, 3.05) is 31.1 Å². The topological polar surface area (TPSA) is 69.6 Å². The highest BCUT2D eigenvalue weighted by molar-refractivity contribution is 5.73. The molecule has 156 valence electrons. The van der Waals surface area contributed by atoms with Crippen LogP contribution < -0.4 is 4.90 Å². The molecule has 0 radical (unpaired) electrons. The standard InChI is InChI=1S/C17H19FN4.C2HF3O2/c18-15-4-2-14(3-5-15)10-21-11-17(12-21)6-9-22(13-17)16-19-7-1-8-20-16;3-2(4,5)1(6)7/h1-5,7-8H,6,9-13H2;(H,6,7). The first-order chi connectivity index (χ1) is 13.7. The minimum Gasteiger partial charge on any atom is -0.475 e. The van der Waals surface area contributed by atoms with Crippen LogP contribution in [0.2, 0.25) is 0 Å². The van der Waals surface area contributed by atoms with Gasteiger partial charge in [-0.3, -0.25) is 4.90 Å². The summed E-state index contributed by atoms with van der Waals surface area (Å²) in [5.41, 5.74) is 1.57. The van der Waals surface area contributed by atoms with E-state index in [2.05, 4.69) is 19.8 Å². The molecular formula is C19H20F4N4O2. The van der Waals surface area contributed by atoms with E-state index in [1.165, 1.54) is 24.1 Å². The van der Waals surface area contributed by atoms with Crippen LogP contribution in [0.3, 0.4) is 0 Å². The number of alkyl halides is 3. The molecule has 29 heavy (non-hydrogen) atoms. The zero-order chi connectivity index (χ0) is 21.1. The van der Waals surface area contributed by atoms with Gasteiger partial charge in [0.25, 0.3) is 0 Å². The summed E-state index contributed by atoms with van der Waals surface area (Å²) in [7, 11) is 0. The predicted molar refractivity (Wildman–Crippen MR) is 96.7 cm³/mol. The lowest BCUT2D eigenvalue weighted by Gasteiger charge is -2.48. The maximum atomic E-state index is 12.9. The van der Waals surface area contributed by atoms with E-state index >= 15 is 0 Å². The van der Waals surface area contributed by atoms with E-state index in [0.717, 1.165) is 38.7 Å². The summed E-state index contributed by atoms with van der Waals surface area (Å²) in [4.78, 5) is 22.3. The lowest BCUT2D eigenvalue weighted by molar-refractivity contribution is -0.192. The van der Waals surface area contributed by atoms with Crippen molar-refractivity contribution in [3.63, 3.8) is 0 Å². The maximum absolute atomic E-state index is 12.9. The van der Waals surface area contributed by atoms with Gasteiger partial charge in [0.1, 0.15) is 5.82 Å². The molecule has 1 aromatic heterocycles. The number of rotatable bonds is 3. The van der Waals surface area contributed by atoms with E-state index < -0.39 is 12.1 Å². The normalized spacial score (nSPS) is 18.1. The van der Waals surface area contributed by atoms with E-state index in [1.54, 1.807) is 12.4 Å². The average Bonchev–Trinajstić information content (AvgIpc) is 3.09. The molecule has 3 heterocycles. The molecule has 2 aliphatic rings. The Labute approximate surface area is 164 Å². The minimum atomic E-state index is -5.08. The molecule has 1 aromatic carbocycles. The van der Waals surface area contributed by atoms with Crippen molar-refractivity contribution >= 4 is 11.9 Å². The van der Waals surface area contributed by atoms with Crippen molar-refractivity contribution in [1.82, 2.24) is 14.9 Å². The summed E-state index contributed by atoms with van der Waals surface area (Å²) in [5, 5.41) is 7.12. The first-order valence-corrected chi connectivity index (χ1v) is 8.96. The number of anilines is 1. The average molecular weight is 412 g/mol. The van der Waals surface area contributed by atoms with E-state index in [4.69, 9.17) is 9.90 Å². The third kappa shape index (κ3) is 5.41. The molecule has 1 spiro atoms. The molecule has 0 amide bonds. The highest BCUT2D eigenvalue weighted by atomic mass is 19.4. The van der Waals surface area contributed by atoms with Crippen molar-refractivity contribution in [3.8, 4) is 0 Å². The molecular weight excluding hydrogens is 392 g/mol. The van der Waals surface area contributed by atoms with Gasteiger partial charge in [-0.1, -0.05) is 12.1 Å². The number of carboxylic acids is 1. The quantitative estimate of drug-likeness (QED) is 0.782. The molecule has 0 saturated carbocycles. The summed E-state index contributed by atoms with van der Waals surface area (Å²) in [6.45, 7) is 5.19. The van der Waals surface area contributed by atoms with Crippen LogP contribution in [0.4, 0.5) is 23.5 Å². The molecule has 2 fully saturated rings. The van der Waals surface area contributed by atoms with Crippen LogP contribution in [0.15, 0.2) is 42.7 Å². The number of benzene rings is 1. The fourth-order valence-corrected chi connectivity index (χ4v) is 3.68. The van der Waals surface area contributed by atoms with Crippen LogP contribution in [-0.2, 0) is 11.3 Å². The Morgan fingerprint density at radius 3 is 2.24 bits per heavy atom. The van der Waals surface area contributed by atoms with Crippen molar-refractivity contribution in [2.24, 2.45) is 5.41 Å². The summed E-state index contributed by atoms with van der Waals surface area (Å²) >= 11 is 0. The molecule has 0 unspecified atom stereocenters. The van der Waals surface area contributed by atoms with Gasteiger partial charge >= 0.3 is 12.1 Å². The lowest BCUT2D eigenvalue weighted by Crippen LogP contribution is -2.56. The van der Waals surface area contributed by atoms with Crippen LogP contribution in [-0.4, -0.2) is 58.3 Å². The van der Waals surface area contributed by atoms with Crippen molar-refractivity contribution in [1.29, 1.82) is 0 Å². The Kier molecular flexibility index (Phi) is 6.02.